The van der Waals surface area contributed by atoms with Gasteiger partial charge in [-0.05, 0) is 66.6 Å². The number of hydrogen-bond donors (Lipinski definition) is 4. The molecule has 0 aliphatic carbocycles. The van der Waals surface area contributed by atoms with Crippen molar-refractivity contribution < 1.29 is 40.6 Å². The molecule has 69 heavy (non-hydrogen) atoms. The maximum Gasteiger partial charge on any atom is 0.321 e. The Hall–Kier alpha value is -4.51. The van der Waals surface area contributed by atoms with E-state index in [4.69, 9.17) is 18.9 Å². The quantitative estimate of drug-likeness (QED) is 0.128. The standard InChI is InChI=1S/C19H22N2O4S.C16H23N3O2.C15H18N2O3S2/c22-26(23,21-13-10-19(11-14-21)20-12-15-24-19)18-8-6-17(7-9-18)25-16-4-2-1-3-5-16;1-2-13-3-5-14(6-4-13)18-15(20)19-10-7-16(8-11-19)17-9-12-21-16;18-22(19,14-11-21-13-4-2-1-3-12(13)14)17-8-5-15(6-9-17)16-7-10-20-15/h1-9,20H,10-15H2;3-6,17H,2,7-12H2,1H3,(H,18,20);1-4,11,16H,5-10H2. The average Bonchev–Trinajstić information content (AvgIpc) is 4.23. The SMILES string of the molecule is CCc1ccc(NC(=O)N2CCC3(CC2)NCCO3)cc1.O=S(=O)(c1ccc(Oc2ccccc2)cc1)N1CCC2(CC1)NCCO2.O=S(=O)(c1csc2ccccc12)N1CCC2(CC1)NCCO2. The molecule has 16 nitrogen and oxygen atoms in total. The van der Waals surface area contributed by atoms with Crippen molar-refractivity contribution in [3.63, 3.8) is 0 Å². The predicted molar refractivity (Wildman–Crippen MR) is 266 cm³/mol. The Balaban J connectivity index is 0.000000130. The number of carbonyl (C=O) groups excluding carboxylic acids is 1. The number of fused-ring (bicyclic) bond motifs is 1. The average molecular weight is 1000 g/mol. The minimum Gasteiger partial charge on any atom is -0.457 e. The monoisotopic (exact) mass is 1000 g/mol. The molecule has 7 heterocycles. The zero-order valence-corrected chi connectivity index (χ0v) is 41.5. The highest BCUT2D eigenvalue weighted by Crippen LogP contribution is 2.35. The molecule has 19 heteroatoms. The van der Waals surface area contributed by atoms with Crippen molar-refractivity contribution in [1.82, 2.24) is 29.5 Å². The first-order valence-corrected chi connectivity index (χ1v) is 27.8. The van der Waals surface area contributed by atoms with Crippen LogP contribution in [0.4, 0.5) is 10.5 Å². The van der Waals surface area contributed by atoms with E-state index in [-0.39, 0.29) is 28.1 Å². The van der Waals surface area contributed by atoms with E-state index in [0.717, 1.165) is 74.4 Å². The number of anilines is 1. The summed E-state index contributed by atoms with van der Waals surface area (Å²) >= 11 is 1.48. The number of para-hydroxylation sites is 1. The Morgan fingerprint density at radius 2 is 1.12 bits per heavy atom. The zero-order valence-electron chi connectivity index (χ0n) is 39.1. The Bertz CT molecular complexity index is 2700. The molecule has 0 atom stereocenters. The number of carbonyl (C=O) groups is 1. The number of thiophene rings is 1. The maximum atomic E-state index is 12.9. The molecule has 0 bridgehead atoms. The van der Waals surface area contributed by atoms with Crippen LogP contribution in [0.5, 0.6) is 11.5 Å². The molecule has 1 aromatic heterocycles. The number of piperidine rings is 3. The summed E-state index contributed by atoms with van der Waals surface area (Å²) in [6.45, 7) is 10.3. The van der Waals surface area contributed by atoms with Crippen LogP contribution in [-0.2, 0) is 40.7 Å². The third-order valence-corrected chi connectivity index (χ3v) is 18.8. The second-order valence-electron chi connectivity index (χ2n) is 18.1. The Labute approximate surface area is 409 Å². The molecule has 3 spiro atoms. The van der Waals surface area contributed by atoms with Crippen LogP contribution in [0.1, 0.15) is 51.0 Å². The highest BCUT2D eigenvalue weighted by atomic mass is 32.2. The number of sulfonamides is 2. The number of rotatable bonds is 8. The molecule has 4 aromatic carbocycles. The van der Waals surface area contributed by atoms with Gasteiger partial charge in [-0.3, -0.25) is 16.0 Å². The lowest BCUT2D eigenvalue weighted by Crippen LogP contribution is -2.53. The molecule has 2 amide bonds. The summed E-state index contributed by atoms with van der Waals surface area (Å²) in [5.41, 5.74) is 1.31. The molecule has 6 aliphatic heterocycles. The number of likely N-dealkylation sites (tertiary alicyclic amines) is 1. The number of hydrogen-bond acceptors (Lipinski definition) is 13. The zero-order chi connectivity index (χ0) is 48.0. The summed E-state index contributed by atoms with van der Waals surface area (Å²) in [7, 11) is -6.93. The van der Waals surface area contributed by atoms with Crippen LogP contribution >= 0.6 is 11.3 Å². The summed E-state index contributed by atoms with van der Waals surface area (Å²) in [5, 5.41) is 15.7. The molecule has 4 N–H and O–H groups in total. The van der Waals surface area contributed by atoms with Crippen LogP contribution in [-0.4, -0.2) is 132 Å². The lowest BCUT2D eigenvalue weighted by atomic mass is 10.0. The molecule has 6 fully saturated rings. The van der Waals surface area contributed by atoms with Crippen molar-refractivity contribution in [3.05, 3.63) is 114 Å². The Morgan fingerprint density at radius 3 is 1.64 bits per heavy atom. The van der Waals surface area contributed by atoms with Crippen LogP contribution in [0.3, 0.4) is 0 Å². The summed E-state index contributed by atoms with van der Waals surface area (Å²) in [6, 6.07) is 31.6. The summed E-state index contributed by atoms with van der Waals surface area (Å²) in [5.74, 6) is 1.32. The van der Waals surface area contributed by atoms with Crippen molar-refractivity contribution in [1.29, 1.82) is 0 Å². The van der Waals surface area contributed by atoms with Gasteiger partial charge in [0.15, 0.2) is 0 Å². The van der Waals surface area contributed by atoms with E-state index in [1.807, 2.05) is 71.6 Å². The first kappa shape index (κ1) is 49.5. The van der Waals surface area contributed by atoms with Crippen molar-refractivity contribution in [2.45, 2.75) is 78.8 Å². The first-order valence-electron chi connectivity index (χ1n) is 24.0. The molecule has 0 unspecified atom stereocenters. The van der Waals surface area contributed by atoms with Gasteiger partial charge in [0.25, 0.3) is 0 Å². The number of nitrogens with zero attached hydrogens (tertiary/aromatic N) is 3. The molecule has 0 radical (unpaired) electrons. The van der Waals surface area contributed by atoms with E-state index in [1.165, 1.54) is 21.2 Å². The fraction of sp³-hybridized carbons (Fsp3) is 0.460. The molecule has 0 saturated carbocycles. The number of urea groups is 1. The van der Waals surface area contributed by atoms with Crippen LogP contribution < -0.4 is 26.0 Å². The largest absolute Gasteiger partial charge is 0.457 e. The van der Waals surface area contributed by atoms with Crippen LogP contribution in [0.15, 0.2) is 118 Å². The Kier molecular flexibility index (Phi) is 15.4. The van der Waals surface area contributed by atoms with Crippen molar-refractivity contribution >= 4 is 53.2 Å². The minimum absolute atomic E-state index is 0.0212. The lowest BCUT2D eigenvalue weighted by molar-refractivity contribution is -0.0487. The highest BCUT2D eigenvalue weighted by Gasteiger charge is 2.43. The topological polar surface area (TPSA) is 180 Å². The van der Waals surface area contributed by atoms with E-state index in [1.54, 1.807) is 34.0 Å². The summed E-state index contributed by atoms with van der Waals surface area (Å²) in [6.07, 6.45) is 5.46. The highest BCUT2D eigenvalue weighted by molar-refractivity contribution is 7.89. The van der Waals surface area contributed by atoms with Crippen LogP contribution in [0.2, 0.25) is 0 Å². The summed E-state index contributed by atoms with van der Waals surface area (Å²) < 4.78 is 78.8. The fourth-order valence-corrected chi connectivity index (χ4v) is 14.1. The third-order valence-electron chi connectivity index (χ3n) is 13.8. The number of amides is 2. The van der Waals surface area contributed by atoms with E-state index >= 15 is 0 Å². The normalized spacial score (nSPS) is 21.1. The van der Waals surface area contributed by atoms with Crippen molar-refractivity contribution in [3.8, 4) is 11.5 Å². The van der Waals surface area contributed by atoms with Gasteiger partial charge in [0.05, 0.1) is 24.7 Å². The smallest absolute Gasteiger partial charge is 0.321 e. The van der Waals surface area contributed by atoms with E-state index < -0.39 is 20.0 Å². The second-order valence-corrected chi connectivity index (χ2v) is 22.8. The maximum absolute atomic E-state index is 12.9. The number of nitrogens with one attached hydrogen (secondary N) is 4. The second kappa shape index (κ2) is 21.5. The van der Waals surface area contributed by atoms with E-state index in [0.29, 0.717) is 81.5 Å². The fourth-order valence-electron chi connectivity index (χ4n) is 9.71. The molecule has 370 valence electrons. The predicted octanol–water partition coefficient (Wildman–Crippen LogP) is 6.77. The molecule has 5 aromatic rings. The first-order chi connectivity index (χ1) is 33.4. The molecule has 6 aliphatic rings. The van der Waals surface area contributed by atoms with E-state index in [9.17, 15) is 21.6 Å². The summed E-state index contributed by atoms with van der Waals surface area (Å²) in [4.78, 5) is 14.9. The van der Waals surface area contributed by atoms with Gasteiger partial charge >= 0.3 is 6.03 Å². The van der Waals surface area contributed by atoms with Gasteiger partial charge < -0.3 is 29.2 Å². The third kappa shape index (κ3) is 11.5. The van der Waals surface area contributed by atoms with Crippen LogP contribution in [0, 0.1) is 0 Å². The molecule has 11 rings (SSSR count). The van der Waals surface area contributed by atoms with Gasteiger partial charge in [-0.25, -0.2) is 21.6 Å². The molecule has 6 saturated heterocycles. The van der Waals surface area contributed by atoms with Gasteiger partial charge in [0.1, 0.15) is 33.6 Å². The van der Waals surface area contributed by atoms with Gasteiger partial charge in [-0.15, -0.1) is 11.3 Å². The van der Waals surface area contributed by atoms with Gasteiger partial charge in [0, 0.05) is 119 Å². The van der Waals surface area contributed by atoms with Crippen molar-refractivity contribution in [2.24, 2.45) is 0 Å². The number of aryl methyl sites for hydroxylation is 1. The molecular formula is C50H63N7O9S3. The minimum atomic E-state index is -3.50. The van der Waals surface area contributed by atoms with Crippen molar-refractivity contribution in [2.75, 3.05) is 84.0 Å². The number of ether oxygens (including phenoxy) is 4. The van der Waals surface area contributed by atoms with E-state index in [2.05, 4.69) is 40.3 Å². The van der Waals surface area contributed by atoms with Crippen LogP contribution in [0.25, 0.3) is 10.1 Å². The van der Waals surface area contributed by atoms with Gasteiger partial charge in [0.2, 0.25) is 20.0 Å². The lowest BCUT2D eigenvalue weighted by Gasteiger charge is -2.38. The van der Waals surface area contributed by atoms with Gasteiger partial charge in [-0.1, -0.05) is 55.5 Å². The molecular weight excluding hydrogens is 939 g/mol. The number of benzene rings is 4. The Morgan fingerprint density at radius 1 is 0.623 bits per heavy atom. The van der Waals surface area contributed by atoms with Gasteiger partial charge in [-0.2, -0.15) is 8.61 Å².